The van der Waals surface area contributed by atoms with E-state index in [1.54, 1.807) is 0 Å². The molecule has 1 atom stereocenters. The molecular formula is C12H24N2O4. The molecule has 2 amide bonds. The number of unbranched alkanes of at least 4 members (excludes halogenated alkanes) is 1. The lowest BCUT2D eigenvalue weighted by molar-refractivity contribution is -0.139. The highest BCUT2D eigenvalue weighted by atomic mass is 16.4. The van der Waals surface area contributed by atoms with E-state index in [9.17, 15) is 9.59 Å². The topological polar surface area (TPSA) is 98.7 Å². The summed E-state index contributed by atoms with van der Waals surface area (Å²) < 4.78 is 0. The largest absolute Gasteiger partial charge is 0.480 e. The maximum atomic E-state index is 11.4. The highest BCUT2D eigenvalue weighted by molar-refractivity contribution is 5.82. The van der Waals surface area contributed by atoms with Crippen molar-refractivity contribution in [1.82, 2.24) is 10.6 Å². The van der Waals surface area contributed by atoms with Gasteiger partial charge in [0.15, 0.2) is 0 Å². The molecule has 0 aromatic rings. The second-order valence-corrected chi connectivity index (χ2v) is 4.69. The van der Waals surface area contributed by atoms with E-state index in [1.807, 2.05) is 0 Å². The number of aliphatic hydroxyl groups is 1. The number of hydrogen-bond donors (Lipinski definition) is 4. The molecule has 106 valence electrons. The fourth-order valence-electron chi connectivity index (χ4n) is 1.48. The average Bonchev–Trinajstić information content (AvgIpc) is 2.27. The van der Waals surface area contributed by atoms with Gasteiger partial charge in [-0.3, -0.25) is 0 Å². The third-order valence-corrected chi connectivity index (χ3v) is 2.52. The highest BCUT2D eigenvalue weighted by Gasteiger charge is 2.18. The number of carboxylic acid groups (broad SMARTS) is 1. The fourth-order valence-corrected chi connectivity index (χ4v) is 1.48. The summed E-state index contributed by atoms with van der Waals surface area (Å²) in [7, 11) is 0. The van der Waals surface area contributed by atoms with Crippen molar-refractivity contribution in [2.45, 2.75) is 45.6 Å². The molecule has 0 unspecified atom stereocenters. The number of nitrogens with one attached hydrogen (secondary N) is 2. The van der Waals surface area contributed by atoms with Gasteiger partial charge in [0, 0.05) is 19.6 Å². The summed E-state index contributed by atoms with van der Waals surface area (Å²) in [4.78, 5) is 22.1. The number of carboxylic acids is 1. The van der Waals surface area contributed by atoms with Crippen LogP contribution in [0.1, 0.15) is 39.5 Å². The van der Waals surface area contributed by atoms with E-state index in [2.05, 4.69) is 24.5 Å². The average molecular weight is 260 g/mol. The van der Waals surface area contributed by atoms with Crippen LogP contribution in [0.2, 0.25) is 0 Å². The number of aliphatic carboxylic acids is 1. The van der Waals surface area contributed by atoms with Gasteiger partial charge in [0.05, 0.1) is 0 Å². The van der Waals surface area contributed by atoms with Gasteiger partial charge in [-0.2, -0.15) is 0 Å². The second-order valence-electron chi connectivity index (χ2n) is 4.69. The SMILES string of the molecule is CC(C)CCCCNC(=O)N[C@@H](CCO)C(=O)O. The third-order valence-electron chi connectivity index (χ3n) is 2.52. The molecule has 0 saturated carbocycles. The zero-order chi connectivity index (χ0) is 14.0. The van der Waals surface area contributed by atoms with Crippen LogP contribution in [-0.4, -0.2) is 41.4 Å². The third kappa shape index (κ3) is 8.81. The summed E-state index contributed by atoms with van der Waals surface area (Å²) in [5.74, 6) is -0.487. The molecule has 0 bridgehead atoms. The Morgan fingerprint density at radius 2 is 1.83 bits per heavy atom. The van der Waals surface area contributed by atoms with Crippen molar-refractivity contribution in [2.24, 2.45) is 5.92 Å². The lowest BCUT2D eigenvalue weighted by atomic mass is 10.1. The van der Waals surface area contributed by atoms with Gasteiger partial charge < -0.3 is 20.8 Å². The maximum Gasteiger partial charge on any atom is 0.326 e. The van der Waals surface area contributed by atoms with E-state index in [4.69, 9.17) is 10.2 Å². The highest BCUT2D eigenvalue weighted by Crippen LogP contribution is 2.04. The van der Waals surface area contributed by atoms with Crippen molar-refractivity contribution in [3.63, 3.8) is 0 Å². The summed E-state index contributed by atoms with van der Waals surface area (Å²) in [6.07, 6.45) is 3.04. The minimum atomic E-state index is -1.14. The molecule has 0 fully saturated rings. The van der Waals surface area contributed by atoms with Gasteiger partial charge in [-0.05, 0) is 12.3 Å². The van der Waals surface area contributed by atoms with Gasteiger partial charge in [0.25, 0.3) is 0 Å². The molecule has 0 heterocycles. The Morgan fingerprint density at radius 1 is 1.17 bits per heavy atom. The maximum absolute atomic E-state index is 11.4. The molecule has 0 spiro atoms. The number of carbonyl (C=O) groups excluding carboxylic acids is 1. The van der Waals surface area contributed by atoms with Crippen molar-refractivity contribution >= 4 is 12.0 Å². The van der Waals surface area contributed by atoms with Gasteiger partial charge >= 0.3 is 12.0 Å². The molecule has 0 aliphatic carbocycles. The van der Waals surface area contributed by atoms with Gasteiger partial charge in [-0.25, -0.2) is 9.59 Å². The Hall–Kier alpha value is -1.30. The van der Waals surface area contributed by atoms with Crippen molar-refractivity contribution in [3.05, 3.63) is 0 Å². The van der Waals surface area contributed by atoms with Crippen LogP contribution in [0.15, 0.2) is 0 Å². The fraction of sp³-hybridized carbons (Fsp3) is 0.833. The van der Waals surface area contributed by atoms with Crippen LogP contribution in [0.4, 0.5) is 4.79 Å². The van der Waals surface area contributed by atoms with E-state index in [0.29, 0.717) is 12.5 Å². The van der Waals surface area contributed by atoms with E-state index in [-0.39, 0.29) is 13.0 Å². The smallest absolute Gasteiger partial charge is 0.326 e. The molecular weight excluding hydrogens is 236 g/mol. The molecule has 6 nitrogen and oxygen atoms in total. The standard InChI is InChI=1S/C12H24N2O4/c1-9(2)5-3-4-7-13-12(18)14-10(6-8-15)11(16)17/h9-10,15H,3-8H2,1-2H3,(H,16,17)(H2,13,14,18)/t10-/m0/s1. The molecule has 0 aromatic heterocycles. The van der Waals surface area contributed by atoms with Crippen molar-refractivity contribution in [1.29, 1.82) is 0 Å². The van der Waals surface area contributed by atoms with E-state index in [1.165, 1.54) is 0 Å². The van der Waals surface area contributed by atoms with Crippen molar-refractivity contribution in [3.8, 4) is 0 Å². The first-order valence-electron chi connectivity index (χ1n) is 6.35. The van der Waals surface area contributed by atoms with Crippen molar-refractivity contribution in [2.75, 3.05) is 13.2 Å². The molecule has 18 heavy (non-hydrogen) atoms. The monoisotopic (exact) mass is 260 g/mol. The van der Waals surface area contributed by atoms with E-state index < -0.39 is 18.0 Å². The Kier molecular flexibility index (Phi) is 9.00. The van der Waals surface area contributed by atoms with Crippen LogP contribution in [-0.2, 0) is 4.79 Å². The number of hydrogen-bond acceptors (Lipinski definition) is 3. The number of urea groups is 1. The Labute approximate surface area is 108 Å². The van der Waals surface area contributed by atoms with Gasteiger partial charge in [-0.15, -0.1) is 0 Å². The molecule has 0 saturated heterocycles. The lowest BCUT2D eigenvalue weighted by Gasteiger charge is -2.14. The van der Waals surface area contributed by atoms with Crippen LogP contribution in [0.5, 0.6) is 0 Å². The quantitative estimate of drug-likeness (QED) is 0.464. The summed E-state index contributed by atoms with van der Waals surface area (Å²) in [5.41, 5.74) is 0. The predicted molar refractivity (Wildman–Crippen MR) is 68.4 cm³/mol. The summed E-state index contributed by atoms with van der Waals surface area (Å²) in [5, 5.41) is 22.3. The molecule has 4 N–H and O–H groups in total. The van der Waals surface area contributed by atoms with Crippen LogP contribution < -0.4 is 10.6 Å². The minimum Gasteiger partial charge on any atom is -0.480 e. The zero-order valence-electron chi connectivity index (χ0n) is 11.1. The first-order valence-corrected chi connectivity index (χ1v) is 6.35. The Bertz CT molecular complexity index is 256. The Balaban J connectivity index is 3.71. The van der Waals surface area contributed by atoms with Gasteiger partial charge in [0.2, 0.25) is 0 Å². The molecule has 0 aromatic carbocycles. The van der Waals surface area contributed by atoms with E-state index >= 15 is 0 Å². The summed E-state index contributed by atoms with van der Waals surface area (Å²) in [6, 6.07) is -1.54. The van der Waals surface area contributed by atoms with Crippen LogP contribution in [0.25, 0.3) is 0 Å². The van der Waals surface area contributed by atoms with E-state index in [0.717, 1.165) is 19.3 Å². The normalized spacial score (nSPS) is 12.2. The first-order chi connectivity index (χ1) is 8.47. The number of aliphatic hydroxyl groups excluding tert-OH is 1. The summed E-state index contributed by atoms with van der Waals surface area (Å²) >= 11 is 0. The number of carbonyl (C=O) groups is 2. The lowest BCUT2D eigenvalue weighted by Crippen LogP contribution is -2.46. The van der Waals surface area contributed by atoms with Crippen LogP contribution in [0.3, 0.4) is 0 Å². The minimum absolute atomic E-state index is 0.0100. The predicted octanol–water partition coefficient (Wildman–Crippen LogP) is 0.948. The van der Waals surface area contributed by atoms with Crippen LogP contribution in [0, 0.1) is 5.92 Å². The molecule has 0 aliphatic rings. The number of rotatable bonds is 9. The number of amides is 2. The summed E-state index contributed by atoms with van der Waals surface area (Å²) in [6.45, 7) is 4.55. The van der Waals surface area contributed by atoms with Gasteiger partial charge in [-0.1, -0.05) is 26.7 Å². The van der Waals surface area contributed by atoms with Gasteiger partial charge in [0.1, 0.15) is 6.04 Å². The molecule has 0 rings (SSSR count). The van der Waals surface area contributed by atoms with Crippen LogP contribution >= 0.6 is 0 Å². The molecule has 0 aliphatic heterocycles. The zero-order valence-corrected chi connectivity index (χ0v) is 11.1. The molecule has 0 radical (unpaired) electrons. The van der Waals surface area contributed by atoms with Crippen molar-refractivity contribution < 1.29 is 19.8 Å². The Morgan fingerprint density at radius 3 is 2.33 bits per heavy atom. The molecule has 6 heteroatoms. The first kappa shape index (κ1) is 16.7. The second kappa shape index (κ2) is 9.70.